The summed E-state index contributed by atoms with van der Waals surface area (Å²) in [5.41, 5.74) is 0.665. The first-order valence-electron chi connectivity index (χ1n) is 6.70. The van der Waals surface area contributed by atoms with Crippen molar-refractivity contribution in [2.75, 3.05) is 13.1 Å². The van der Waals surface area contributed by atoms with Crippen LogP contribution in [-0.2, 0) is 16.6 Å². The van der Waals surface area contributed by atoms with E-state index in [1.165, 1.54) is 0 Å². The standard InChI is InChI=1S/C12H24N4O2S/c1-4-13-8-11-9-14-16-12(11)19(17,18)15-7-5-6-10(2)3/h9-10,13,15H,4-8H2,1-3H3,(H,14,16). The van der Waals surface area contributed by atoms with E-state index in [9.17, 15) is 8.42 Å². The van der Waals surface area contributed by atoms with Crippen molar-refractivity contribution in [2.24, 2.45) is 5.92 Å². The lowest BCUT2D eigenvalue weighted by Gasteiger charge is -2.08. The molecule has 110 valence electrons. The van der Waals surface area contributed by atoms with Crippen molar-refractivity contribution in [1.29, 1.82) is 0 Å². The minimum absolute atomic E-state index is 0.165. The number of H-pyrrole nitrogens is 1. The number of nitrogens with one attached hydrogen (secondary N) is 3. The van der Waals surface area contributed by atoms with Crippen molar-refractivity contribution in [3.8, 4) is 0 Å². The van der Waals surface area contributed by atoms with Crippen LogP contribution in [-0.4, -0.2) is 31.7 Å². The third kappa shape index (κ3) is 5.30. The lowest BCUT2D eigenvalue weighted by Crippen LogP contribution is -2.27. The van der Waals surface area contributed by atoms with Gasteiger partial charge in [-0.05, 0) is 25.3 Å². The van der Waals surface area contributed by atoms with Gasteiger partial charge in [0.2, 0.25) is 0 Å². The van der Waals surface area contributed by atoms with Crippen molar-refractivity contribution < 1.29 is 8.42 Å². The Morgan fingerprint density at radius 1 is 1.42 bits per heavy atom. The lowest BCUT2D eigenvalue weighted by molar-refractivity contribution is 0.537. The van der Waals surface area contributed by atoms with Crippen molar-refractivity contribution in [1.82, 2.24) is 20.2 Å². The molecule has 0 fully saturated rings. The Labute approximate surface area is 115 Å². The van der Waals surface area contributed by atoms with Gasteiger partial charge in [-0.25, -0.2) is 13.1 Å². The molecular weight excluding hydrogens is 264 g/mol. The predicted octanol–water partition coefficient (Wildman–Crippen LogP) is 1.23. The van der Waals surface area contributed by atoms with Crippen LogP contribution in [0, 0.1) is 5.92 Å². The number of rotatable bonds is 9. The van der Waals surface area contributed by atoms with Gasteiger partial charge in [-0.15, -0.1) is 0 Å². The van der Waals surface area contributed by atoms with Gasteiger partial charge in [0.25, 0.3) is 10.0 Å². The summed E-state index contributed by atoms with van der Waals surface area (Å²) in [6, 6.07) is 0. The van der Waals surface area contributed by atoms with Crippen molar-refractivity contribution in [3.05, 3.63) is 11.8 Å². The fourth-order valence-electron chi connectivity index (χ4n) is 1.71. The summed E-state index contributed by atoms with van der Waals surface area (Å²) in [5.74, 6) is 0.584. The van der Waals surface area contributed by atoms with E-state index in [1.807, 2.05) is 6.92 Å². The van der Waals surface area contributed by atoms with Crippen LogP contribution in [0.5, 0.6) is 0 Å². The minimum Gasteiger partial charge on any atom is -0.313 e. The van der Waals surface area contributed by atoms with Crippen LogP contribution in [0.15, 0.2) is 11.2 Å². The van der Waals surface area contributed by atoms with E-state index in [-0.39, 0.29) is 5.03 Å². The maximum atomic E-state index is 12.1. The SMILES string of the molecule is CCNCc1cn[nH]c1S(=O)(=O)NCCCC(C)C. The number of aromatic nitrogens is 2. The fraction of sp³-hybridized carbons (Fsp3) is 0.750. The molecule has 0 spiro atoms. The number of aromatic amines is 1. The number of nitrogens with zero attached hydrogens (tertiary/aromatic N) is 1. The first-order chi connectivity index (χ1) is 8.97. The van der Waals surface area contributed by atoms with Gasteiger partial charge in [-0.2, -0.15) is 5.10 Å². The van der Waals surface area contributed by atoms with E-state index in [0.717, 1.165) is 19.4 Å². The summed E-state index contributed by atoms with van der Waals surface area (Å²) in [6.45, 7) is 7.95. The Bertz CT molecular complexity index is 468. The van der Waals surface area contributed by atoms with Gasteiger partial charge < -0.3 is 5.32 Å². The summed E-state index contributed by atoms with van der Waals surface area (Å²) in [4.78, 5) is 0. The van der Waals surface area contributed by atoms with Gasteiger partial charge in [0.1, 0.15) is 0 Å². The Morgan fingerprint density at radius 3 is 2.79 bits per heavy atom. The van der Waals surface area contributed by atoms with Crippen LogP contribution in [0.2, 0.25) is 0 Å². The summed E-state index contributed by atoms with van der Waals surface area (Å²) >= 11 is 0. The molecule has 0 aliphatic rings. The molecule has 0 unspecified atom stereocenters. The summed E-state index contributed by atoms with van der Waals surface area (Å²) in [6.07, 6.45) is 3.40. The molecule has 1 rings (SSSR count). The monoisotopic (exact) mass is 288 g/mol. The fourth-order valence-corrected chi connectivity index (χ4v) is 2.91. The zero-order valence-corrected chi connectivity index (χ0v) is 12.7. The Kier molecular flexibility index (Phi) is 6.47. The smallest absolute Gasteiger partial charge is 0.257 e. The van der Waals surface area contributed by atoms with Crippen LogP contribution in [0.25, 0.3) is 0 Å². The molecule has 0 aromatic carbocycles. The van der Waals surface area contributed by atoms with E-state index >= 15 is 0 Å². The van der Waals surface area contributed by atoms with Crippen LogP contribution in [0.4, 0.5) is 0 Å². The summed E-state index contributed by atoms with van der Waals surface area (Å²) < 4.78 is 26.8. The highest BCUT2D eigenvalue weighted by molar-refractivity contribution is 7.89. The molecule has 3 N–H and O–H groups in total. The minimum atomic E-state index is -3.48. The van der Waals surface area contributed by atoms with Crippen LogP contribution in [0.1, 0.15) is 39.2 Å². The van der Waals surface area contributed by atoms with Crippen LogP contribution < -0.4 is 10.0 Å². The highest BCUT2D eigenvalue weighted by Gasteiger charge is 2.19. The van der Waals surface area contributed by atoms with E-state index in [1.54, 1.807) is 6.20 Å². The van der Waals surface area contributed by atoms with E-state index < -0.39 is 10.0 Å². The maximum absolute atomic E-state index is 12.1. The van der Waals surface area contributed by atoms with E-state index in [2.05, 4.69) is 34.1 Å². The quantitative estimate of drug-likeness (QED) is 0.597. The Hall–Kier alpha value is -0.920. The highest BCUT2D eigenvalue weighted by atomic mass is 32.2. The number of hydrogen-bond acceptors (Lipinski definition) is 4. The molecule has 0 bridgehead atoms. The maximum Gasteiger partial charge on any atom is 0.257 e. The molecule has 0 aliphatic heterocycles. The summed E-state index contributed by atoms with van der Waals surface area (Å²) in [5, 5.41) is 9.64. The molecule has 0 atom stereocenters. The molecule has 0 aliphatic carbocycles. The molecule has 6 nitrogen and oxygen atoms in total. The average Bonchev–Trinajstić information content (AvgIpc) is 2.81. The Morgan fingerprint density at radius 2 is 2.16 bits per heavy atom. The van der Waals surface area contributed by atoms with Crippen molar-refractivity contribution in [2.45, 2.75) is 45.2 Å². The average molecular weight is 288 g/mol. The number of hydrogen-bond donors (Lipinski definition) is 3. The predicted molar refractivity (Wildman–Crippen MR) is 75.2 cm³/mol. The molecular formula is C12H24N4O2S. The van der Waals surface area contributed by atoms with E-state index in [4.69, 9.17) is 0 Å². The van der Waals surface area contributed by atoms with Gasteiger partial charge in [0.15, 0.2) is 5.03 Å². The molecule has 0 saturated carbocycles. The lowest BCUT2D eigenvalue weighted by atomic mass is 10.1. The topological polar surface area (TPSA) is 86.9 Å². The molecule has 7 heteroatoms. The van der Waals surface area contributed by atoms with Gasteiger partial charge in [-0.3, -0.25) is 5.10 Å². The molecule has 1 aromatic rings. The van der Waals surface area contributed by atoms with Crippen LogP contribution in [0.3, 0.4) is 0 Å². The van der Waals surface area contributed by atoms with E-state index in [0.29, 0.717) is 24.6 Å². The molecule has 0 saturated heterocycles. The van der Waals surface area contributed by atoms with Crippen molar-refractivity contribution >= 4 is 10.0 Å². The van der Waals surface area contributed by atoms with Gasteiger partial charge >= 0.3 is 0 Å². The largest absolute Gasteiger partial charge is 0.313 e. The Balaban J connectivity index is 2.59. The molecule has 1 heterocycles. The summed E-state index contributed by atoms with van der Waals surface area (Å²) in [7, 11) is -3.48. The van der Waals surface area contributed by atoms with Crippen molar-refractivity contribution in [3.63, 3.8) is 0 Å². The third-order valence-electron chi connectivity index (χ3n) is 2.76. The second-order valence-corrected chi connectivity index (χ2v) is 6.64. The molecule has 1 aromatic heterocycles. The highest BCUT2D eigenvalue weighted by Crippen LogP contribution is 2.11. The zero-order valence-electron chi connectivity index (χ0n) is 11.9. The molecule has 0 amide bonds. The van der Waals surface area contributed by atoms with Gasteiger partial charge in [0, 0.05) is 18.7 Å². The normalized spacial score (nSPS) is 12.2. The number of sulfonamides is 1. The first-order valence-corrected chi connectivity index (χ1v) is 8.18. The molecule has 0 radical (unpaired) electrons. The van der Waals surface area contributed by atoms with Crippen LogP contribution >= 0.6 is 0 Å². The second kappa shape index (κ2) is 7.62. The third-order valence-corrected chi connectivity index (χ3v) is 4.24. The molecule has 19 heavy (non-hydrogen) atoms. The van der Waals surface area contributed by atoms with Gasteiger partial charge in [0.05, 0.1) is 6.20 Å². The van der Waals surface area contributed by atoms with Gasteiger partial charge in [-0.1, -0.05) is 20.8 Å². The second-order valence-electron chi connectivity index (χ2n) is 4.94. The zero-order chi connectivity index (χ0) is 14.3. The first kappa shape index (κ1) is 16.1.